The van der Waals surface area contributed by atoms with Gasteiger partial charge in [-0.25, -0.2) is 0 Å². The maximum Gasteiger partial charge on any atom is 0.261 e. The largest absolute Gasteiger partial charge is 0.494 e. The Labute approximate surface area is 172 Å². The van der Waals surface area contributed by atoms with E-state index in [1.54, 1.807) is 24.3 Å². The van der Waals surface area contributed by atoms with Gasteiger partial charge >= 0.3 is 0 Å². The molecule has 0 bridgehead atoms. The van der Waals surface area contributed by atoms with E-state index in [4.69, 9.17) is 9.47 Å². The summed E-state index contributed by atoms with van der Waals surface area (Å²) in [7, 11) is 0. The molecule has 29 heavy (non-hydrogen) atoms. The molecule has 0 unspecified atom stereocenters. The zero-order valence-corrected chi connectivity index (χ0v) is 17.1. The molecule has 5 heteroatoms. The second kappa shape index (κ2) is 10.6. The van der Waals surface area contributed by atoms with Crippen molar-refractivity contribution in [3.63, 3.8) is 0 Å². The topological polar surface area (TPSA) is 55.8 Å². The van der Waals surface area contributed by atoms with E-state index in [9.17, 15) is 9.59 Å². The summed E-state index contributed by atoms with van der Waals surface area (Å²) in [4.78, 5) is 26.0. The summed E-state index contributed by atoms with van der Waals surface area (Å²) in [5, 5.41) is 0. The van der Waals surface area contributed by atoms with Crippen LogP contribution in [0, 0.1) is 0 Å². The summed E-state index contributed by atoms with van der Waals surface area (Å²) >= 11 is 0. The molecule has 0 saturated heterocycles. The van der Waals surface area contributed by atoms with Crippen LogP contribution < -0.4 is 9.47 Å². The van der Waals surface area contributed by atoms with Crippen molar-refractivity contribution in [2.45, 2.75) is 45.4 Å². The molecule has 0 fully saturated rings. The first-order valence-electron chi connectivity index (χ1n) is 10.5. The van der Waals surface area contributed by atoms with Gasteiger partial charge in [0.15, 0.2) is 0 Å². The molecule has 0 spiro atoms. The highest BCUT2D eigenvalue weighted by Gasteiger charge is 2.34. The summed E-state index contributed by atoms with van der Waals surface area (Å²) in [6, 6.07) is 14.6. The predicted molar refractivity (Wildman–Crippen MR) is 113 cm³/mol. The summed E-state index contributed by atoms with van der Waals surface area (Å²) in [5.74, 6) is 1.26. The second-order valence-corrected chi connectivity index (χ2v) is 7.24. The lowest BCUT2D eigenvalue weighted by molar-refractivity contribution is 0.0649. The Morgan fingerprint density at radius 3 is 1.72 bits per heavy atom. The second-order valence-electron chi connectivity index (χ2n) is 7.24. The highest BCUT2D eigenvalue weighted by Crippen LogP contribution is 2.23. The van der Waals surface area contributed by atoms with Crippen LogP contribution in [0.1, 0.15) is 66.2 Å². The number of unbranched alkanes of at least 4 members (excludes halogenated alkanes) is 4. The van der Waals surface area contributed by atoms with Crippen LogP contribution in [0.4, 0.5) is 0 Å². The number of ether oxygens (including phenoxy) is 2. The Morgan fingerprint density at radius 1 is 0.690 bits per heavy atom. The van der Waals surface area contributed by atoms with E-state index >= 15 is 0 Å². The van der Waals surface area contributed by atoms with Crippen molar-refractivity contribution in [2.24, 2.45) is 0 Å². The van der Waals surface area contributed by atoms with E-state index in [1.807, 2.05) is 24.3 Å². The van der Waals surface area contributed by atoms with Crippen molar-refractivity contribution < 1.29 is 19.1 Å². The number of rotatable bonds is 12. The lowest BCUT2D eigenvalue weighted by Crippen LogP contribution is -2.30. The van der Waals surface area contributed by atoms with Crippen molar-refractivity contribution in [3.8, 4) is 11.5 Å². The molecule has 1 heterocycles. The molecule has 0 atom stereocenters. The first-order chi connectivity index (χ1) is 14.2. The number of amides is 2. The van der Waals surface area contributed by atoms with Gasteiger partial charge in [0.2, 0.25) is 0 Å². The SMILES string of the molecule is CCCCCCOc1ccc(OCCCCN2C(=O)c3ccccc3C2=O)cc1. The summed E-state index contributed by atoms with van der Waals surface area (Å²) in [6.45, 7) is 3.91. The normalized spacial score (nSPS) is 12.9. The minimum atomic E-state index is -0.197. The molecule has 1 aliphatic rings. The van der Waals surface area contributed by atoms with Gasteiger partial charge in [0.25, 0.3) is 11.8 Å². The molecule has 0 N–H and O–H groups in total. The van der Waals surface area contributed by atoms with Gasteiger partial charge in [0, 0.05) is 6.54 Å². The third kappa shape index (κ3) is 5.59. The summed E-state index contributed by atoms with van der Waals surface area (Å²) in [6.07, 6.45) is 6.25. The van der Waals surface area contributed by atoms with E-state index in [1.165, 1.54) is 24.2 Å². The van der Waals surface area contributed by atoms with Gasteiger partial charge < -0.3 is 9.47 Å². The average Bonchev–Trinajstić information content (AvgIpc) is 2.99. The van der Waals surface area contributed by atoms with E-state index in [0.29, 0.717) is 30.7 Å². The molecule has 2 amide bonds. The third-order valence-corrected chi connectivity index (χ3v) is 5.01. The minimum Gasteiger partial charge on any atom is -0.494 e. The number of hydrogen-bond donors (Lipinski definition) is 0. The van der Waals surface area contributed by atoms with Gasteiger partial charge in [-0.3, -0.25) is 14.5 Å². The van der Waals surface area contributed by atoms with Crippen molar-refractivity contribution in [3.05, 3.63) is 59.7 Å². The van der Waals surface area contributed by atoms with Gasteiger partial charge in [0.05, 0.1) is 24.3 Å². The lowest BCUT2D eigenvalue weighted by Gasteiger charge is -2.13. The Kier molecular flexibility index (Phi) is 7.68. The molecule has 1 aliphatic heterocycles. The van der Waals surface area contributed by atoms with E-state index in [-0.39, 0.29) is 11.8 Å². The molecular weight excluding hydrogens is 366 g/mol. The van der Waals surface area contributed by atoms with Crippen LogP contribution in [0.2, 0.25) is 0 Å². The molecule has 2 aromatic rings. The third-order valence-electron chi connectivity index (χ3n) is 5.01. The van der Waals surface area contributed by atoms with Crippen molar-refractivity contribution >= 4 is 11.8 Å². The fraction of sp³-hybridized carbons (Fsp3) is 0.417. The van der Waals surface area contributed by atoms with Crippen LogP contribution in [-0.4, -0.2) is 36.5 Å². The monoisotopic (exact) mass is 395 g/mol. The fourth-order valence-corrected chi connectivity index (χ4v) is 3.36. The quantitative estimate of drug-likeness (QED) is 0.371. The van der Waals surface area contributed by atoms with Crippen LogP contribution >= 0.6 is 0 Å². The van der Waals surface area contributed by atoms with Crippen LogP contribution in [-0.2, 0) is 0 Å². The fourth-order valence-electron chi connectivity index (χ4n) is 3.36. The predicted octanol–water partition coefficient (Wildman–Crippen LogP) is 5.10. The molecule has 2 aromatic carbocycles. The molecule has 5 nitrogen and oxygen atoms in total. The van der Waals surface area contributed by atoms with Crippen molar-refractivity contribution in [1.82, 2.24) is 4.90 Å². The lowest BCUT2D eigenvalue weighted by atomic mass is 10.1. The number of imide groups is 1. The smallest absolute Gasteiger partial charge is 0.261 e. The van der Waals surface area contributed by atoms with Crippen LogP contribution in [0.25, 0.3) is 0 Å². The zero-order chi connectivity index (χ0) is 20.5. The molecule has 0 aliphatic carbocycles. The Bertz CT molecular complexity index is 781. The van der Waals surface area contributed by atoms with E-state index in [2.05, 4.69) is 6.92 Å². The van der Waals surface area contributed by atoms with E-state index < -0.39 is 0 Å². The first-order valence-corrected chi connectivity index (χ1v) is 10.5. The molecule has 0 saturated carbocycles. The number of nitrogens with zero attached hydrogens (tertiary/aromatic N) is 1. The minimum absolute atomic E-state index is 0.197. The molecule has 3 rings (SSSR count). The number of hydrogen-bond acceptors (Lipinski definition) is 4. The molecule has 154 valence electrons. The van der Waals surface area contributed by atoms with Gasteiger partial charge in [-0.2, -0.15) is 0 Å². The van der Waals surface area contributed by atoms with Crippen LogP contribution in [0.5, 0.6) is 11.5 Å². The zero-order valence-electron chi connectivity index (χ0n) is 17.1. The van der Waals surface area contributed by atoms with Crippen molar-refractivity contribution in [2.75, 3.05) is 19.8 Å². The summed E-state index contributed by atoms with van der Waals surface area (Å²) in [5.41, 5.74) is 1.00. The van der Waals surface area contributed by atoms with E-state index in [0.717, 1.165) is 30.9 Å². The standard InChI is InChI=1S/C24H29NO4/c1-2-3-4-8-17-28-19-12-14-20(15-13-19)29-18-9-7-16-25-23(26)21-10-5-6-11-22(21)24(25)27/h5-6,10-15H,2-4,7-9,16-18H2,1H3. The number of fused-ring (bicyclic) bond motifs is 1. The van der Waals surface area contributed by atoms with Crippen LogP contribution in [0.3, 0.4) is 0 Å². The number of carbonyl (C=O) groups excluding carboxylic acids is 2. The first kappa shape index (κ1) is 20.9. The highest BCUT2D eigenvalue weighted by molar-refractivity contribution is 6.21. The molecule has 0 aromatic heterocycles. The average molecular weight is 395 g/mol. The maximum atomic E-state index is 12.3. The maximum absolute atomic E-state index is 12.3. The molecular formula is C24H29NO4. The van der Waals surface area contributed by atoms with Crippen molar-refractivity contribution in [1.29, 1.82) is 0 Å². The van der Waals surface area contributed by atoms with Gasteiger partial charge in [0.1, 0.15) is 11.5 Å². The van der Waals surface area contributed by atoms with Gasteiger partial charge in [-0.15, -0.1) is 0 Å². The Hall–Kier alpha value is -2.82. The highest BCUT2D eigenvalue weighted by atomic mass is 16.5. The van der Waals surface area contributed by atoms with Gasteiger partial charge in [-0.1, -0.05) is 38.3 Å². The van der Waals surface area contributed by atoms with Gasteiger partial charge in [-0.05, 0) is 55.7 Å². The number of benzene rings is 2. The van der Waals surface area contributed by atoms with Crippen LogP contribution in [0.15, 0.2) is 48.5 Å². The number of carbonyl (C=O) groups is 2. The molecule has 0 radical (unpaired) electrons. The Morgan fingerprint density at radius 2 is 1.21 bits per heavy atom. The summed E-state index contributed by atoms with van der Waals surface area (Å²) < 4.78 is 11.5. The Balaban J connectivity index is 1.33.